The summed E-state index contributed by atoms with van der Waals surface area (Å²) in [6, 6.07) is 40.9. The van der Waals surface area contributed by atoms with E-state index < -0.39 is 0 Å². The van der Waals surface area contributed by atoms with Crippen LogP contribution in [0.15, 0.2) is 115 Å². The van der Waals surface area contributed by atoms with E-state index in [1.165, 1.54) is 33.1 Å². The van der Waals surface area contributed by atoms with E-state index in [0.717, 1.165) is 33.5 Å². The van der Waals surface area contributed by atoms with Crippen molar-refractivity contribution in [1.29, 1.82) is 0 Å². The molecule has 0 saturated heterocycles. The van der Waals surface area contributed by atoms with Crippen LogP contribution in [0.1, 0.15) is 5.56 Å². The SMILES string of the molecule is Cc1ccccc1-n1c2ccccc2c2cccc(-n3c4ccccc4n4c5ccccc5nc34)c21. The number of hydrogen-bond donors (Lipinski definition) is 0. The molecule has 0 aliphatic rings. The van der Waals surface area contributed by atoms with E-state index in [1.807, 2.05) is 0 Å². The van der Waals surface area contributed by atoms with Gasteiger partial charge in [0.25, 0.3) is 0 Å². The van der Waals surface area contributed by atoms with Crippen molar-refractivity contribution < 1.29 is 0 Å². The molecule has 36 heavy (non-hydrogen) atoms. The zero-order chi connectivity index (χ0) is 23.8. The summed E-state index contributed by atoms with van der Waals surface area (Å²) in [5.41, 5.74) is 10.3. The fraction of sp³-hybridized carbons (Fsp3) is 0.0312. The molecule has 0 unspecified atom stereocenters. The van der Waals surface area contributed by atoms with Crippen LogP contribution < -0.4 is 0 Å². The molecule has 0 aliphatic carbocycles. The van der Waals surface area contributed by atoms with Crippen molar-refractivity contribution in [3.63, 3.8) is 0 Å². The lowest BCUT2D eigenvalue weighted by Gasteiger charge is -2.14. The predicted octanol–water partition coefficient (Wildman–Crippen LogP) is 7.84. The average molecular weight is 463 g/mol. The molecule has 5 aromatic carbocycles. The topological polar surface area (TPSA) is 27.2 Å². The number of aryl methyl sites for hydroxylation is 1. The van der Waals surface area contributed by atoms with Crippen molar-refractivity contribution in [2.75, 3.05) is 0 Å². The number of fused-ring (bicyclic) bond motifs is 8. The molecule has 0 atom stereocenters. The minimum atomic E-state index is 0.923. The quantitative estimate of drug-likeness (QED) is 0.257. The number of imidazole rings is 2. The largest absolute Gasteiger partial charge is 0.307 e. The molecule has 0 bridgehead atoms. The van der Waals surface area contributed by atoms with E-state index in [1.54, 1.807) is 0 Å². The molecule has 3 heterocycles. The number of hydrogen-bond acceptors (Lipinski definition) is 1. The predicted molar refractivity (Wildman–Crippen MR) is 149 cm³/mol. The molecule has 0 spiro atoms. The first-order valence-corrected chi connectivity index (χ1v) is 12.3. The zero-order valence-electron chi connectivity index (χ0n) is 19.8. The second-order valence-electron chi connectivity index (χ2n) is 9.37. The molecule has 0 saturated carbocycles. The molecule has 8 aromatic rings. The van der Waals surface area contributed by atoms with Crippen LogP contribution in [-0.4, -0.2) is 18.5 Å². The fourth-order valence-electron chi connectivity index (χ4n) is 5.83. The van der Waals surface area contributed by atoms with E-state index >= 15 is 0 Å². The summed E-state index contributed by atoms with van der Waals surface area (Å²) in [6.07, 6.45) is 0. The zero-order valence-corrected chi connectivity index (χ0v) is 19.8. The van der Waals surface area contributed by atoms with Crippen LogP contribution in [0.4, 0.5) is 0 Å². The molecule has 0 amide bonds. The highest BCUT2D eigenvalue weighted by Crippen LogP contribution is 2.38. The monoisotopic (exact) mass is 462 g/mol. The summed E-state index contributed by atoms with van der Waals surface area (Å²) in [6.45, 7) is 2.18. The highest BCUT2D eigenvalue weighted by molar-refractivity contribution is 6.12. The average Bonchev–Trinajstić information content (AvgIpc) is 3.56. The third kappa shape index (κ3) is 2.45. The van der Waals surface area contributed by atoms with Gasteiger partial charge in [0.05, 0.1) is 38.8 Å². The Bertz CT molecular complexity index is 2120. The highest BCUT2D eigenvalue weighted by Gasteiger charge is 2.22. The number of nitrogens with zero attached hydrogens (tertiary/aromatic N) is 4. The van der Waals surface area contributed by atoms with Gasteiger partial charge in [0.15, 0.2) is 0 Å². The van der Waals surface area contributed by atoms with Crippen LogP contribution in [0.3, 0.4) is 0 Å². The van der Waals surface area contributed by atoms with Crippen LogP contribution in [0.25, 0.3) is 61.0 Å². The van der Waals surface area contributed by atoms with Gasteiger partial charge in [0, 0.05) is 16.5 Å². The van der Waals surface area contributed by atoms with Crippen molar-refractivity contribution in [2.24, 2.45) is 0 Å². The summed E-state index contributed by atoms with van der Waals surface area (Å²) in [5.74, 6) is 0.923. The summed E-state index contributed by atoms with van der Waals surface area (Å²) in [7, 11) is 0. The smallest absolute Gasteiger partial charge is 0.220 e. The maximum atomic E-state index is 5.13. The normalized spacial score (nSPS) is 12.0. The Morgan fingerprint density at radius 3 is 2.00 bits per heavy atom. The maximum absolute atomic E-state index is 5.13. The minimum absolute atomic E-state index is 0.923. The second-order valence-corrected chi connectivity index (χ2v) is 9.37. The van der Waals surface area contributed by atoms with Gasteiger partial charge in [0.1, 0.15) is 0 Å². The molecule has 0 N–H and O–H groups in total. The third-order valence-electron chi connectivity index (χ3n) is 7.38. The lowest BCUT2D eigenvalue weighted by Crippen LogP contribution is -2.02. The standard InChI is InChI=1S/C32H22N4/c1-21-11-2-5-15-25(21)34-26-16-6-3-12-22(26)23-13-10-20-30(31(23)34)36-29-19-9-8-18-28(29)35-27-17-7-4-14-24(27)33-32(35)36/h2-20H,1H3. The van der Waals surface area contributed by atoms with Gasteiger partial charge in [-0.05, 0) is 55.0 Å². The number of para-hydroxylation sites is 7. The van der Waals surface area contributed by atoms with Gasteiger partial charge in [-0.3, -0.25) is 8.97 Å². The fourth-order valence-corrected chi connectivity index (χ4v) is 5.83. The van der Waals surface area contributed by atoms with Crippen LogP contribution in [-0.2, 0) is 0 Å². The summed E-state index contributed by atoms with van der Waals surface area (Å²) in [4.78, 5) is 5.13. The molecule has 4 nitrogen and oxygen atoms in total. The minimum Gasteiger partial charge on any atom is -0.307 e. The van der Waals surface area contributed by atoms with Gasteiger partial charge < -0.3 is 4.57 Å². The number of rotatable bonds is 2. The lowest BCUT2D eigenvalue weighted by molar-refractivity contribution is 1.09. The van der Waals surface area contributed by atoms with Crippen molar-refractivity contribution >= 4 is 49.7 Å². The molecule has 170 valence electrons. The van der Waals surface area contributed by atoms with Gasteiger partial charge in [-0.2, -0.15) is 0 Å². The molecular formula is C32H22N4. The van der Waals surface area contributed by atoms with Crippen molar-refractivity contribution in [2.45, 2.75) is 6.92 Å². The Morgan fingerprint density at radius 2 is 1.14 bits per heavy atom. The van der Waals surface area contributed by atoms with E-state index in [0.29, 0.717) is 0 Å². The molecule has 8 rings (SSSR count). The van der Waals surface area contributed by atoms with E-state index in [2.05, 4.69) is 136 Å². The Morgan fingerprint density at radius 1 is 0.500 bits per heavy atom. The Balaban J connectivity index is 1.62. The van der Waals surface area contributed by atoms with E-state index in [-0.39, 0.29) is 0 Å². The second kappa shape index (κ2) is 7.09. The van der Waals surface area contributed by atoms with Gasteiger partial charge in [0.2, 0.25) is 5.78 Å². The van der Waals surface area contributed by atoms with Crippen LogP contribution in [0.2, 0.25) is 0 Å². The Kier molecular flexibility index (Phi) is 3.84. The van der Waals surface area contributed by atoms with Crippen LogP contribution in [0.5, 0.6) is 0 Å². The van der Waals surface area contributed by atoms with E-state index in [4.69, 9.17) is 4.98 Å². The summed E-state index contributed by atoms with van der Waals surface area (Å²) >= 11 is 0. The highest BCUT2D eigenvalue weighted by atomic mass is 15.2. The van der Waals surface area contributed by atoms with Crippen LogP contribution in [0, 0.1) is 6.92 Å². The maximum Gasteiger partial charge on any atom is 0.220 e. The third-order valence-corrected chi connectivity index (χ3v) is 7.38. The van der Waals surface area contributed by atoms with Gasteiger partial charge >= 0.3 is 0 Å². The first-order valence-electron chi connectivity index (χ1n) is 12.3. The lowest BCUT2D eigenvalue weighted by atomic mass is 10.1. The van der Waals surface area contributed by atoms with Gasteiger partial charge in [-0.15, -0.1) is 0 Å². The molecule has 0 fully saturated rings. The molecule has 0 aliphatic heterocycles. The van der Waals surface area contributed by atoms with Crippen molar-refractivity contribution in [1.82, 2.24) is 18.5 Å². The Labute approximate surface area is 207 Å². The first kappa shape index (κ1) is 19.5. The molecular weight excluding hydrogens is 440 g/mol. The summed E-state index contributed by atoms with van der Waals surface area (Å²) < 4.78 is 7.03. The molecule has 3 aromatic heterocycles. The van der Waals surface area contributed by atoms with E-state index in [9.17, 15) is 0 Å². The number of benzene rings is 5. The van der Waals surface area contributed by atoms with Crippen molar-refractivity contribution in [3.05, 3.63) is 121 Å². The molecule has 0 radical (unpaired) electrons. The first-order chi connectivity index (χ1) is 17.8. The van der Waals surface area contributed by atoms with Crippen LogP contribution >= 0.6 is 0 Å². The van der Waals surface area contributed by atoms with Crippen molar-refractivity contribution in [3.8, 4) is 11.4 Å². The van der Waals surface area contributed by atoms with Gasteiger partial charge in [-0.25, -0.2) is 4.98 Å². The molecule has 4 heteroatoms. The summed E-state index contributed by atoms with van der Waals surface area (Å²) in [5, 5.41) is 2.48. The Hall–Kier alpha value is -4.83. The number of aromatic nitrogens is 4. The van der Waals surface area contributed by atoms with Gasteiger partial charge in [-0.1, -0.05) is 72.8 Å².